The van der Waals surface area contributed by atoms with E-state index in [2.05, 4.69) is 65.7 Å². The van der Waals surface area contributed by atoms with Crippen molar-refractivity contribution in [3.8, 4) is 11.8 Å². The van der Waals surface area contributed by atoms with Gasteiger partial charge in [-0.3, -0.25) is 0 Å². The topological polar surface area (TPSA) is 42.3 Å². The van der Waals surface area contributed by atoms with E-state index in [9.17, 15) is 5.26 Å². The second-order valence-electron chi connectivity index (χ2n) is 8.67. The van der Waals surface area contributed by atoms with Crippen LogP contribution in [-0.4, -0.2) is 10.2 Å². The number of hydrogen-bond donors (Lipinski definition) is 0. The standard InChI is InChI=1S/C28H25N3O/c1-19-20(2)31(23-9-7-6-8-10-23)27-14-12-21(15-25(19)27)11-13-24-16-22(26(18-29)30-5)17-28(3,4)32-24/h6-16H,17H2,1-4H3. The van der Waals surface area contributed by atoms with Crippen molar-refractivity contribution in [3.63, 3.8) is 0 Å². The second-order valence-corrected chi connectivity index (χ2v) is 8.67. The summed E-state index contributed by atoms with van der Waals surface area (Å²) >= 11 is 0. The molecule has 1 aliphatic heterocycles. The molecular weight excluding hydrogens is 394 g/mol. The minimum Gasteiger partial charge on any atom is -0.488 e. The molecule has 4 nitrogen and oxygen atoms in total. The molecule has 4 heteroatoms. The summed E-state index contributed by atoms with van der Waals surface area (Å²) in [6.45, 7) is 15.5. The Bertz CT molecular complexity index is 1350. The summed E-state index contributed by atoms with van der Waals surface area (Å²) in [7, 11) is 0. The number of aryl methyl sites for hydroxylation is 1. The molecule has 0 atom stereocenters. The molecular formula is C28H25N3O. The molecule has 0 radical (unpaired) electrons. The normalized spacial score (nSPS) is 16.9. The van der Waals surface area contributed by atoms with Crippen molar-refractivity contribution in [2.45, 2.75) is 39.7 Å². The smallest absolute Gasteiger partial charge is 0.265 e. The lowest BCUT2D eigenvalue weighted by Gasteiger charge is -2.32. The van der Waals surface area contributed by atoms with Crippen LogP contribution in [-0.2, 0) is 4.74 Å². The van der Waals surface area contributed by atoms with E-state index in [-0.39, 0.29) is 5.70 Å². The Kier molecular flexibility index (Phi) is 5.47. The van der Waals surface area contributed by atoms with Gasteiger partial charge in [0.2, 0.25) is 0 Å². The van der Waals surface area contributed by atoms with Gasteiger partial charge in [-0.05, 0) is 80.8 Å². The zero-order valence-corrected chi connectivity index (χ0v) is 18.8. The summed E-state index contributed by atoms with van der Waals surface area (Å²) in [5.41, 5.74) is 6.26. The fourth-order valence-corrected chi connectivity index (χ4v) is 4.25. The highest BCUT2D eigenvalue weighted by Crippen LogP contribution is 2.33. The van der Waals surface area contributed by atoms with Gasteiger partial charge in [0.1, 0.15) is 11.4 Å². The first-order valence-electron chi connectivity index (χ1n) is 10.6. The summed E-state index contributed by atoms with van der Waals surface area (Å²) in [6, 6.07) is 18.8. The maximum Gasteiger partial charge on any atom is 0.265 e. The van der Waals surface area contributed by atoms with E-state index in [1.54, 1.807) is 6.08 Å². The Morgan fingerprint density at radius 2 is 1.91 bits per heavy atom. The summed E-state index contributed by atoms with van der Waals surface area (Å²) in [5.74, 6) is 0.655. The molecule has 0 spiro atoms. The summed E-state index contributed by atoms with van der Waals surface area (Å²) < 4.78 is 8.37. The minimum atomic E-state index is -0.471. The first kappa shape index (κ1) is 21.2. The number of ether oxygens (including phenoxy) is 1. The number of fused-ring (bicyclic) bond motifs is 1. The van der Waals surface area contributed by atoms with E-state index in [1.165, 1.54) is 22.2 Å². The van der Waals surface area contributed by atoms with Crippen LogP contribution in [0.4, 0.5) is 0 Å². The predicted molar refractivity (Wildman–Crippen MR) is 129 cm³/mol. The van der Waals surface area contributed by atoms with Crippen molar-refractivity contribution in [2.75, 3.05) is 0 Å². The molecule has 32 heavy (non-hydrogen) atoms. The van der Waals surface area contributed by atoms with Crippen molar-refractivity contribution < 1.29 is 4.74 Å². The molecule has 0 saturated heterocycles. The summed E-state index contributed by atoms with van der Waals surface area (Å²) in [6.07, 6.45) is 6.27. The van der Waals surface area contributed by atoms with Crippen LogP contribution in [0.3, 0.4) is 0 Å². The number of para-hydroxylation sites is 1. The van der Waals surface area contributed by atoms with Crippen molar-refractivity contribution in [2.24, 2.45) is 0 Å². The van der Waals surface area contributed by atoms with Gasteiger partial charge in [0.25, 0.3) is 5.70 Å². The summed E-state index contributed by atoms with van der Waals surface area (Å²) in [5, 5.41) is 10.5. The highest BCUT2D eigenvalue weighted by molar-refractivity contribution is 5.89. The van der Waals surface area contributed by atoms with Gasteiger partial charge >= 0.3 is 0 Å². The van der Waals surface area contributed by atoms with Gasteiger partial charge in [-0.25, -0.2) is 10.1 Å². The lowest BCUT2D eigenvalue weighted by atomic mass is 9.93. The van der Waals surface area contributed by atoms with E-state index in [0.717, 1.165) is 16.8 Å². The second kappa shape index (κ2) is 8.25. The van der Waals surface area contributed by atoms with Crippen LogP contribution < -0.4 is 0 Å². The van der Waals surface area contributed by atoms with Crippen LogP contribution >= 0.6 is 0 Å². The average Bonchev–Trinajstić information content (AvgIpc) is 3.02. The quantitative estimate of drug-likeness (QED) is 0.337. The number of nitriles is 1. The molecule has 2 aromatic carbocycles. The van der Waals surface area contributed by atoms with Crippen molar-refractivity contribution in [3.05, 3.63) is 106 Å². The molecule has 4 rings (SSSR count). The van der Waals surface area contributed by atoms with Crippen LogP contribution in [0.2, 0.25) is 0 Å². The minimum absolute atomic E-state index is 0.127. The van der Waals surface area contributed by atoms with Gasteiger partial charge in [0, 0.05) is 23.2 Å². The van der Waals surface area contributed by atoms with E-state index in [4.69, 9.17) is 11.3 Å². The number of rotatable bonds is 3. The highest BCUT2D eigenvalue weighted by atomic mass is 16.5. The van der Waals surface area contributed by atoms with Crippen LogP contribution in [0.1, 0.15) is 37.1 Å². The molecule has 0 amide bonds. The van der Waals surface area contributed by atoms with Crippen molar-refractivity contribution >= 4 is 17.0 Å². The largest absolute Gasteiger partial charge is 0.488 e. The van der Waals surface area contributed by atoms with Crippen molar-refractivity contribution in [1.82, 2.24) is 4.57 Å². The molecule has 0 unspecified atom stereocenters. The third kappa shape index (κ3) is 3.96. The number of aromatic nitrogens is 1. The number of hydrogen-bond acceptors (Lipinski definition) is 2. The van der Waals surface area contributed by atoms with Crippen LogP contribution in [0.25, 0.3) is 27.5 Å². The molecule has 1 aliphatic rings. The third-order valence-corrected chi connectivity index (χ3v) is 5.85. The van der Waals surface area contributed by atoms with Gasteiger partial charge in [-0.1, -0.05) is 30.3 Å². The van der Waals surface area contributed by atoms with Gasteiger partial charge < -0.3 is 9.30 Å². The molecule has 158 valence electrons. The fraction of sp³-hybridized carbons (Fsp3) is 0.214. The molecule has 0 aliphatic carbocycles. The Balaban J connectivity index is 1.73. The molecule has 0 saturated carbocycles. The fourth-order valence-electron chi connectivity index (χ4n) is 4.25. The molecule has 0 fully saturated rings. The van der Waals surface area contributed by atoms with E-state index in [0.29, 0.717) is 12.2 Å². The van der Waals surface area contributed by atoms with Gasteiger partial charge in [0.15, 0.2) is 0 Å². The Hall–Kier alpha value is -4.02. The zero-order valence-electron chi connectivity index (χ0n) is 18.8. The first-order chi connectivity index (χ1) is 15.3. The van der Waals surface area contributed by atoms with Gasteiger partial charge in [0.05, 0.1) is 18.2 Å². The summed E-state index contributed by atoms with van der Waals surface area (Å²) in [4.78, 5) is 3.37. The van der Waals surface area contributed by atoms with Gasteiger partial charge in [-0.2, -0.15) is 0 Å². The lowest BCUT2D eigenvalue weighted by Crippen LogP contribution is -2.27. The first-order valence-corrected chi connectivity index (χ1v) is 10.6. The molecule has 0 N–H and O–H groups in total. The van der Waals surface area contributed by atoms with E-state index >= 15 is 0 Å². The Labute approximate surface area is 189 Å². The number of benzene rings is 2. The maximum atomic E-state index is 9.26. The monoisotopic (exact) mass is 419 g/mol. The molecule has 1 aromatic heterocycles. The van der Waals surface area contributed by atoms with E-state index < -0.39 is 5.60 Å². The highest BCUT2D eigenvalue weighted by Gasteiger charge is 2.27. The molecule has 2 heterocycles. The lowest BCUT2D eigenvalue weighted by molar-refractivity contribution is 0.0356. The molecule has 0 bridgehead atoms. The SMILES string of the molecule is [C-]#[N+]C(C#N)=C1C=C(C=Cc2ccc3c(c2)c(C)c(C)n3-c2ccccc2)OC(C)(C)C1. The number of allylic oxidation sites excluding steroid dienone is 3. The Morgan fingerprint density at radius 3 is 2.59 bits per heavy atom. The van der Waals surface area contributed by atoms with Crippen LogP contribution in [0.5, 0.6) is 0 Å². The zero-order chi connectivity index (χ0) is 22.9. The van der Waals surface area contributed by atoms with Crippen LogP contribution in [0.15, 0.2) is 77.7 Å². The Morgan fingerprint density at radius 1 is 1.16 bits per heavy atom. The average molecular weight is 420 g/mol. The predicted octanol–water partition coefficient (Wildman–Crippen LogP) is 7.04. The van der Waals surface area contributed by atoms with Gasteiger partial charge in [-0.15, -0.1) is 0 Å². The number of nitrogens with zero attached hydrogens (tertiary/aromatic N) is 3. The molecule has 3 aromatic rings. The van der Waals surface area contributed by atoms with Crippen molar-refractivity contribution in [1.29, 1.82) is 5.26 Å². The third-order valence-electron chi connectivity index (χ3n) is 5.85. The van der Waals surface area contributed by atoms with E-state index in [1.807, 2.05) is 38.1 Å². The van der Waals surface area contributed by atoms with Crippen LogP contribution in [0, 0.1) is 31.8 Å². The maximum absolute atomic E-state index is 9.26.